The summed E-state index contributed by atoms with van der Waals surface area (Å²) < 4.78 is 0. The molecular formula is C14H24N2O5. The van der Waals surface area contributed by atoms with Gasteiger partial charge < -0.3 is 20.4 Å². The zero-order valence-electron chi connectivity index (χ0n) is 12.4. The van der Waals surface area contributed by atoms with E-state index in [0.717, 1.165) is 25.9 Å². The molecule has 2 rings (SSSR count). The summed E-state index contributed by atoms with van der Waals surface area (Å²) in [4.78, 5) is 33.4. The van der Waals surface area contributed by atoms with E-state index >= 15 is 0 Å². The lowest BCUT2D eigenvalue weighted by Crippen LogP contribution is -2.38. The van der Waals surface area contributed by atoms with Crippen molar-refractivity contribution in [2.24, 2.45) is 11.8 Å². The second kappa shape index (κ2) is 8.61. The molecule has 120 valence electrons. The molecule has 2 fully saturated rings. The highest BCUT2D eigenvalue weighted by atomic mass is 16.4. The Balaban J connectivity index is 0.000000219. The van der Waals surface area contributed by atoms with Crippen LogP contribution >= 0.6 is 0 Å². The van der Waals surface area contributed by atoms with Crippen molar-refractivity contribution in [2.45, 2.75) is 32.6 Å². The van der Waals surface area contributed by atoms with E-state index in [1.54, 1.807) is 4.90 Å². The Morgan fingerprint density at radius 2 is 1.33 bits per heavy atom. The molecule has 2 saturated heterocycles. The number of carboxylic acids is 2. The van der Waals surface area contributed by atoms with Gasteiger partial charge in [0.2, 0.25) is 5.91 Å². The van der Waals surface area contributed by atoms with Gasteiger partial charge in [0.05, 0.1) is 11.8 Å². The molecule has 2 aliphatic rings. The van der Waals surface area contributed by atoms with Gasteiger partial charge >= 0.3 is 11.9 Å². The van der Waals surface area contributed by atoms with Crippen LogP contribution in [-0.2, 0) is 14.4 Å². The first-order valence-electron chi connectivity index (χ1n) is 7.33. The molecule has 2 heterocycles. The van der Waals surface area contributed by atoms with Crippen LogP contribution in [0.25, 0.3) is 0 Å². The summed E-state index contributed by atoms with van der Waals surface area (Å²) in [6, 6.07) is 0. The summed E-state index contributed by atoms with van der Waals surface area (Å²) in [5, 5.41) is 20.3. The molecule has 3 N–H and O–H groups in total. The van der Waals surface area contributed by atoms with E-state index in [0.29, 0.717) is 25.9 Å². The summed E-state index contributed by atoms with van der Waals surface area (Å²) in [5.74, 6) is -1.68. The minimum Gasteiger partial charge on any atom is -0.481 e. The first-order chi connectivity index (χ1) is 9.91. The maximum atomic E-state index is 10.9. The molecule has 2 aliphatic heterocycles. The zero-order valence-corrected chi connectivity index (χ0v) is 12.4. The molecule has 7 heteroatoms. The topological polar surface area (TPSA) is 107 Å². The van der Waals surface area contributed by atoms with E-state index in [9.17, 15) is 14.4 Å². The van der Waals surface area contributed by atoms with Gasteiger partial charge in [-0.1, -0.05) is 0 Å². The van der Waals surface area contributed by atoms with E-state index in [1.165, 1.54) is 6.92 Å². The van der Waals surface area contributed by atoms with E-state index in [-0.39, 0.29) is 17.7 Å². The molecule has 21 heavy (non-hydrogen) atoms. The largest absolute Gasteiger partial charge is 0.481 e. The maximum absolute atomic E-state index is 10.9. The van der Waals surface area contributed by atoms with Crippen molar-refractivity contribution < 1.29 is 24.6 Å². The number of hydrogen-bond acceptors (Lipinski definition) is 4. The molecule has 0 saturated carbocycles. The molecule has 1 amide bonds. The summed E-state index contributed by atoms with van der Waals surface area (Å²) in [7, 11) is 0. The third kappa shape index (κ3) is 6.12. The van der Waals surface area contributed by atoms with Crippen LogP contribution in [0.2, 0.25) is 0 Å². The highest BCUT2D eigenvalue weighted by molar-refractivity contribution is 5.74. The predicted molar refractivity (Wildman–Crippen MR) is 75.8 cm³/mol. The second-order valence-corrected chi connectivity index (χ2v) is 5.48. The number of carboxylic acid groups (broad SMARTS) is 2. The molecule has 0 aromatic rings. The van der Waals surface area contributed by atoms with Crippen molar-refractivity contribution in [3.8, 4) is 0 Å². The number of nitrogens with one attached hydrogen (secondary N) is 1. The van der Waals surface area contributed by atoms with Gasteiger partial charge in [-0.15, -0.1) is 0 Å². The normalized spacial score (nSPS) is 20.3. The Hall–Kier alpha value is -1.63. The standard InChI is InChI=1S/C8H13NO3.C6H11NO2/c1-6(10)9-4-2-7(3-5-9)8(11)12;8-6(9)5-1-3-7-4-2-5/h7H,2-5H2,1H3,(H,11,12);5,7H,1-4H2,(H,8,9). The monoisotopic (exact) mass is 300 g/mol. The summed E-state index contributed by atoms with van der Waals surface area (Å²) >= 11 is 0. The molecule has 0 aliphatic carbocycles. The summed E-state index contributed by atoms with van der Waals surface area (Å²) in [6.07, 6.45) is 2.76. The minimum atomic E-state index is -0.738. The average Bonchev–Trinajstić information content (AvgIpc) is 2.49. The molecule has 0 aromatic heterocycles. The van der Waals surface area contributed by atoms with Crippen molar-refractivity contribution in [1.29, 1.82) is 0 Å². The van der Waals surface area contributed by atoms with E-state index in [1.807, 2.05) is 0 Å². The summed E-state index contributed by atoms with van der Waals surface area (Å²) in [6.45, 7) is 4.41. The van der Waals surface area contributed by atoms with Gasteiger partial charge in [-0.3, -0.25) is 14.4 Å². The Bertz CT molecular complexity index is 350. The molecular weight excluding hydrogens is 276 g/mol. The Morgan fingerprint density at radius 3 is 1.67 bits per heavy atom. The van der Waals surface area contributed by atoms with Crippen LogP contribution in [0.3, 0.4) is 0 Å². The number of aliphatic carboxylic acids is 2. The fourth-order valence-electron chi connectivity index (χ4n) is 2.51. The lowest BCUT2D eigenvalue weighted by molar-refractivity contribution is -0.145. The number of carbonyl (C=O) groups is 3. The van der Waals surface area contributed by atoms with Gasteiger partial charge in [-0.05, 0) is 38.8 Å². The quantitative estimate of drug-likeness (QED) is 0.681. The SMILES string of the molecule is CC(=O)N1CCC(C(=O)O)CC1.O=C(O)C1CCNCC1. The van der Waals surface area contributed by atoms with Crippen molar-refractivity contribution in [2.75, 3.05) is 26.2 Å². The second-order valence-electron chi connectivity index (χ2n) is 5.48. The lowest BCUT2D eigenvalue weighted by Gasteiger charge is -2.28. The fourth-order valence-corrected chi connectivity index (χ4v) is 2.51. The number of hydrogen-bond donors (Lipinski definition) is 3. The Labute approximate surface area is 124 Å². The van der Waals surface area contributed by atoms with Crippen LogP contribution < -0.4 is 5.32 Å². The van der Waals surface area contributed by atoms with Crippen LogP contribution in [0.15, 0.2) is 0 Å². The van der Waals surface area contributed by atoms with Crippen molar-refractivity contribution in [1.82, 2.24) is 10.2 Å². The molecule has 0 unspecified atom stereocenters. The van der Waals surface area contributed by atoms with Gasteiger partial charge in [0.15, 0.2) is 0 Å². The molecule has 7 nitrogen and oxygen atoms in total. The number of carbonyl (C=O) groups excluding carboxylic acids is 1. The smallest absolute Gasteiger partial charge is 0.306 e. The van der Waals surface area contributed by atoms with E-state index < -0.39 is 11.9 Å². The van der Waals surface area contributed by atoms with Crippen molar-refractivity contribution >= 4 is 17.8 Å². The third-order valence-electron chi connectivity index (χ3n) is 3.98. The van der Waals surface area contributed by atoms with Gasteiger partial charge in [-0.25, -0.2) is 0 Å². The highest BCUT2D eigenvalue weighted by Gasteiger charge is 2.25. The zero-order chi connectivity index (χ0) is 15.8. The number of rotatable bonds is 2. The van der Waals surface area contributed by atoms with Gasteiger partial charge in [0.1, 0.15) is 0 Å². The predicted octanol–water partition coefficient (Wildman–Crippen LogP) is 0.400. The van der Waals surface area contributed by atoms with E-state index in [4.69, 9.17) is 10.2 Å². The van der Waals surface area contributed by atoms with Crippen LogP contribution in [0.1, 0.15) is 32.6 Å². The number of amides is 1. The molecule has 0 spiro atoms. The first-order valence-corrected chi connectivity index (χ1v) is 7.33. The molecule has 0 atom stereocenters. The van der Waals surface area contributed by atoms with Crippen molar-refractivity contribution in [3.05, 3.63) is 0 Å². The molecule has 0 aromatic carbocycles. The maximum Gasteiger partial charge on any atom is 0.306 e. The lowest BCUT2D eigenvalue weighted by atomic mass is 9.97. The highest BCUT2D eigenvalue weighted by Crippen LogP contribution is 2.16. The van der Waals surface area contributed by atoms with Crippen molar-refractivity contribution in [3.63, 3.8) is 0 Å². The Kier molecular flexibility index (Phi) is 7.14. The number of piperidine rings is 2. The molecule has 0 radical (unpaired) electrons. The average molecular weight is 300 g/mol. The fraction of sp³-hybridized carbons (Fsp3) is 0.786. The third-order valence-corrected chi connectivity index (χ3v) is 3.98. The van der Waals surface area contributed by atoms with E-state index in [2.05, 4.69) is 5.32 Å². The van der Waals surface area contributed by atoms with Crippen LogP contribution in [-0.4, -0.2) is 59.1 Å². The number of nitrogens with zero attached hydrogens (tertiary/aromatic N) is 1. The van der Waals surface area contributed by atoms with Crippen LogP contribution in [0.5, 0.6) is 0 Å². The molecule has 0 bridgehead atoms. The van der Waals surface area contributed by atoms with Gasteiger partial charge in [0.25, 0.3) is 0 Å². The van der Waals surface area contributed by atoms with Crippen LogP contribution in [0.4, 0.5) is 0 Å². The Morgan fingerprint density at radius 1 is 0.905 bits per heavy atom. The summed E-state index contributed by atoms with van der Waals surface area (Å²) in [5.41, 5.74) is 0. The van der Waals surface area contributed by atoms with Gasteiger partial charge in [-0.2, -0.15) is 0 Å². The van der Waals surface area contributed by atoms with Crippen LogP contribution in [0, 0.1) is 11.8 Å². The number of likely N-dealkylation sites (tertiary alicyclic amines) is 1. The minimum absolute atomic E-state index is 0.0406. The van der Waals surface area contributed by atoms with Gasteiger partial charge in [0, 0.05) is 20.0 Å². The first kappa shape index (κ1) is 17.4.